The van der Waals surface area contributed by atoms with Crippen molar-refractivity contribution in [3.63, 3.8) is 0 Å². The standard InChI is InChI=1S/C36H45N5O7S/c1-6-8-9-10-14-26(39-34(46)48-35(3,4)5)32(43)41-21-23(18-28(41)31(42)40-36(33(44)45)20-22(36)7-2)47-29-19-27(24-13-11-12-16-37-24)38-25-15-17-49-30(25)29/h7,11-13,15-17,19,22-23,26,28H,2,6,8-10,14,18,20-21H2,1,3-5H3,(H,39,46)(H,40,42)(H,44,45)/t22-,23-,26+,28+,36-/m1/s1. The maximum Gasteiger partial charge on any atom is 0.408 e. The average Bonchev–Trinajstić information content (AvgIpc) is 3.34. The molecule has 3 aromatic rings. The molecule has 2 aliphatic rings. The van der Waals surface area contributed by atoms with Crippen LogP contribution in [0.15, 0.2) is 54.6 Å². The van der Waals surface area contributed by atoms with Crippen LogP contribution < -0.4 is 15.4 Å². The SMILES string of the molecule is C=C[C@@H]1C[C@]1(NC(=O)[C@@H]1C[C@@H](Oc2cc(-c3ccccn3)nc3ccsc23)CN1C(=O)[C@H](CCCCCC)NC(=O)OC(C)(C)C)C(=O)O. The molecular weight excluding hydrogens is 646 g/mol. The van der Waals surface area contributed by atoms with Gasteiger partial charge in [0.25, 0.3) is 0 Å². The van der Waals surface area contributed by atoms with E-state index < -0.39 is 59.1 Å². The molecule has 5 atom stereocenters. The Bertz CT molecular complexity index is 1690. The minimum absolute atomic E-state index is 0.0391. The number of carboxylic acid groups (broad SMARTS) is 1. The molecule has 3 N–H and O–H groups in total. The zero-order valence-electron chi connectivity index (χ0n) is 28.4. The van der Waals surface area contributed by atoms with E-state index in [4.69, 9.17) is 14.5 Å². The molecule has 262 valence electrons. The van der Waals surface area contributed by atoms with Gasteiger partial charge in [-0.15, -0.1) is 17.9 Å². The number of carbonyl (C=O) groups excluding carboxylic acids is 3. The fraction of sp³-hybridized carbons (Fsp3) is 0.500. The summed E-state index contributed by atoms with van der Waals surface area (Å²) < 4.78 is 12.9. The molecule has 13 heteroatoms. The largest absolute Gasteiger partial charge is 0.487 e. The predicted molar refractivity (Wildman–Crippen MR) is 186 cm³/mol. The summed E-state index contributed by atoms with van der Waals surface area (Å²) in [7, 11) is 0. The second kappa shape index (κ2) is 14.9. The van der Waals surface area contributed by atoms with Crippen molar-refractivity contribution in [1.82, 2.24) is 25.5 Å². The Morgan fingerprint density at radius 2 is 1.98 bits per heavy atom. The van der Waals surface area contributed by atoms with Gasteiger partial charge in [0, 0.05) is 24.6 Å². The van der Waals surface area contributed by atoms with Gasteiger partial charge >= 0.3 is 12.1 Å². The quantitative estimate of drug-likeness (QED) is 0.142. The van der Waals surface area contributed by atoms with Crippen LogP contribution in [0.4, 0.5) is 4.79 Å². The molecular formula is C36H45N5O7S. The van der Waals surface area contributed by atoms with Crippen LogP contribution in [0, 0.1) is 5.92 Å². The Kier molecular flexibility index (Phi) is 10.9. The zero-order valence-corrected chi connectivity index (χ0v) is 29.3. The summed E-state index contributed by atoms with van der Waals surface area (Å²) >= 11 is 1.46. The van der Waals surface area contributed by atoms with Crippen molar-refractivity contribution in [2.75, 3.05) is 6.54 Å². The molecule has 1 aliphatic carbocycles. The Labute approximate surface area is 290 Å². The molecule has 1 saturated heterocycles. The topological polar surface area (TPSA) is 160 Å². The van der Waals surface area contributed by atoms with E-state index in [1.165, 1.54) is 22.3 Å². The number of nitrogens with zero attached hydrogens (tertiary/aromatic N) is 3. The highest BCUT2D eigenvalue weighted by Crippen LogP contribution is 2.45. The van der Waals surface area contributed by atoms with E-state index in [1.54, 1.807) is 33.0 Å². The molecule has 0 aromatic carbocycles. The van der Waals surface area contributed by atoms with Crippen molar-refractivity contribution in [3.05, 3.63) is 54.6 Å². The first-order chi connectivity index (χ1) is 23.3. The number of nitrogens with one attached hydrogen (secondary N) is 2. The number of aliphatic carboxylic acids is 1. The molecule has 12 nitrogen and oxygen atoms in total. The van der Waals surface area contributed by atoms with Gasteiger partial charge in [0.2, 0.25) is 11.8 Å². The van der Waals surface area contributed by atoms with Crippen LogP contribution in [0.25, 0.3) is 21.6 Å². The fourth-order valence-electron chi connectivity index (χ4n) is 6.22. The lowest BCUT2D eigenvalue weighted by molar-refractivity contribution is -0.145. The molecule has 0 bridgehead atoms. The van der Waals surface area contributed by atoms with Crippen molar-refractivity contribution in [3.8, 4) is 17.1 Å². The number of alkyl carbamates (subject to hydrolysis) is 1. The maximum absolute atomic E-state index is 14.3. The molecule has 2 fully saturated rings. The van der Waals surface area contributed by atoms with E-state index >= 15 is 0 Å². The lowest BCUT2D eigenvalue weighted by Crippen LogP contribution is -2.56. The Hall–Kier alpha value is -4.52. The first-order valence-electron chi connectivity index (χ1n) is 16.8. The second-order valence-corrected chi connectivity index (χ2v) is 14.6. The van der Waals surface area contributed by atoms with Gasteiger partial charge in [0.1, 0.15) is 35.1 Å². The Balaban J connectivity index is 1.44. The van der Waals surface area contributed by atoms with Gasteiger partial charge in [0.15, 0.2) is 0 Å². The van der Waals surface area contributed by atoms with Crippen LogP contribution in [0.3, 0.4) is 0 Å². The minimum Gasteiger partial charge on any atom is -0.487 e. The van der Waals surface area contributed by atoms with Crippen LogP contribution in [0.2, 0.25) is 0 Å². The van der Waals surface area contributed by atoms with E-state index in [-0.39, 0.29) is 19.4 Å². The number of likely N-dealkylation sites (tertiary alicyclic amines) is 1. The molecule has 0 spiro atoms. The van der Waals surface area contributed by atoms with Gasteiger partial charge in [0.05, 0.1) is 28.1 Å². The molecule has 5 rings (SSSR count). The van der Waals surface area contributed by atoms with Gasteiger partial charge in [-0.25, -0.2) is 14.6 Å². The second-order valence-electron chi connectivity index (χ2n) is 13.7. The van der Waals surface area contributed by atoms with Crippen LogP contribution in [-0.4, -0.2) is 79.7 Å². The summed E-state index contributed by atoms with van der Waals surface area (Å²) in [6, 6.07) is 7.23. The number of carbonyl (C=O) groups is 4. The van der Waals surface area contributed by atoms with Crippen LogP contribution in [0.5, 0.6) is 5.75 Å². The van der Waals surface area contributed by atoms with Crippen molar-refractivity contribution >= 4 is 45.4 Å². The molecule has 49 heavy (non-hydrogen) atoms. The minimum atomic E-state index is -1.48. The van der Waals surface area contributed by atoms with Gasteiger partial charge in [-0.1, -0.05) is 44.7 Å². The number of hydrogen-bond donors (Lipinski definition) is 3. The lowest BCUT2D eigenvalue weighted by Gasteiger charge is -2.30. The highest BCUT2D eigenvalue weighted by molar-refractivity contribution is 7.17. The first kappa shape index (κ1) is 35.8. The maximum atomic E-state index is 14.3. The molecule has 1 aliphatic heterocycles. The van der Waals surface area contributed by atoms with Gasteiger partial charge in [-0.2, -0.15) is 0 Å². The number of amides is 3. The number of hydrogen-bond acceptors (Lipinski definition) is 9. The highest BCUT2D eigenvalue weighted by atomic mass is 32.1. The summed E-state index contributed by atoms with van der Waals surface area (Å²) in [6.45, 7) is 11.1. The van der Waals surface area contributed by atoms with E-state index in [0.717, 1.165) is 29.5 Å². The van der Waals surface area contributed by atoms with E-state index in [0.29, 0.717) is 30.0 Å². The number of fused-ring (bicyclic) bond motifs is 1. The first-order valence-corrected chi connectivity index (χ1v) is 17.7. The fourth-order valence-corrected chi connectivity index (χ4v) is 7.01. The molecule has 0 unspecified atom stereocenters. The van der Waals surface area contributed by atoms with Crippen molar-refractivity contribution in [1.29, 1.82) is 0 Å². The summed E-state index contributed by atoms with van der Waals surface area (Å²) in [5.74, 6) is -2.11. The molecule has 4 heterocycles. The highest BCUT2D eigenvalue weighted by Gasteiger charge is 2.61. The van der Waals surface area contributed by atoms with Crippen LogP contribution >= 0.6 is 11.3 Å². The smallest absolute Gasteiger partial charge is 0.408 e. The predicted octanol–water partition coefficient (Wildman–Crippen LogP) is 5.72. The Morgan fingerprint density at radius 1 is 1.18 bits per heavy atom. The zero-order chi connectivity index (χ0) is 35.3. The third-order valence-corrected chi connectivity index (χ3v) is 9.73. The third-order valence-electron chi connectivity index (χ3n) is 8.81. The van der Waals surface area contributed by atoms with Crippen LogP contribution in [-0.2, 0) is 19.1 Å². The molecule has 1 saturated carbocycles. The Morgan fingerprint density at radius 3 is 2.63 bits per heavy atom. The monoisotopic (exact) mass is 691 g/mol. The van der Waals surface area contributed by atoms with E-state index in [9.17, 15) is 24.3 Å². The number of thiophene rings is 1. The van der Waals surface area contributed by atoms with Crippen molar-refractivity contribution < 1.29 is 33.8 Å². The van der Waals surface area contributed by atoms with Crippen molar-refractivity contribution in [2.24, 2.45) is 5.92 Å². The van der Waals surface area contributed by atoms with Crippen molar-refractivity contribution in [2.45, 2.75) is 102 Å². The third kappa shape index (κ3) is 8.38. The molecule has 3 aromatic heterocycles. The number of ether oxygens (including phenoxy) is 2. The lowest BCUT2D eigenvalue weighted by atomic mass is 10.1. The average molecular weight is 692 g/mol. The summed E-state index contributed by atoms with van der Waals surface area (Å²) in [5.41, 5.74) is -0.252. The number of unbranched alkanes of at least 4 members (excludes halogenated alkanes) is 3. The van der Waals surface area contributed by atoms with Gasteiger partial charge in [-0.3, -0.25) is 14.6 Å². The normalized spacial score (nSPS) is 22.3. The summed E-state index contributed by atoms with van der Waals surface area (Å²) in [5, 5.41) is 17.4. The van der Waals surface area contributed by atoms with E-state index in [2.05, 4.69) is 29.1 Å². The van der Waals surface area contributed by atoms with E-state index in [1.807, 2.05) is 29.6 Å². The number of aromatic nitrogens is 2. The number of pyridine rings is 2. The molecule has 0 radical (unpaired) electrons. The summed E-state index contributed by atoms with van der Waals surface area (Å²) in [6.07, 6.45) is 6.03. The summed E-state index contributed by atoms with van der Waals surface area (Å²) in [4.78, 5) is 64.0. The number of carboxylic acids is 1. The van der Waals surface area contributed by atoms with Gasteiger partial charge < -0.3 is 30.1 Å². The number of rotatable bonds is 14. The van der Waals surface area contributed by atoms with Crippen LogP contribution in [0.1, 0.15) is 72.6 Å². The van der Waals surface area contributed by atoms with Gasteiger partial charge in [-0.05, 0) is 57.2 Å². The molecule has 3 amide bonds.